The smallest absolute Gasteiger partial charge is 0.126 e. The number of methoxy groups -OCH3 is 2. The highest BCUT2D eigenvalue weighted by molar-refractivity contribution is 7.87. The molecule has 0 amide bonds. The highest BCUT2D eigenvalue weighted by Gasteiger charge is 2.25. The number of para-hydroxylation sites is 2. The van der Waals surface area contributed by atoms with Crippen molar-refractivity contribution >= 4 is 23.3 Å². The number of hydrogen-bond acceptors (Lipinski definition) is 2. The van der Waals surface area contributed by atoms with Crippen LogP contribution >= 0.6 is 6.89 Å². The van der Waals surface area contributed by atoms with Gasteiger partial charge in [-0.15, -0.1) is 0 Å². The van der Waals surface area contributed by atoms with Crippen LogP contribution in [-0.2, 0) is 6.16 Å². The Morgan fingerprint density at radius 3 is 1.65 bits per heavy atom. The summed E-state index contributed by atoms with van der Waals surface area (Å²) in [6, 6.07) is 38.3. The molecule has 4 rings (SSSR count). The fourth-order valence-corrected chi connectivity index (χ4v) is 7.98. The van der Waals surface area contributed by atoms with Gasteiger partial charge in [-0.1, -0.05) is 97.1 Å². The Morgan fingerprint density at radius 2 is 1.06 bits per heavy atom. The molecule has 0 unspecified atom stereocenters. The van der Waals surface area contributed by atoms with E-state index in [1.54, 1.807) is 14.2 Å². The van der Waals surface area contributed by atoms with Crippen molar-refractivity contribution in [2.24, 2.45) is 0 Å². The molecular weight excluding hydrogens is 399 g/mol. The monoisotopic (exact) mass is 426 g/mol. The van der Waals surface area contributed by atoms with E-state index < -0.39 is 6.89 Å². The van der Waals surface area contributed by atoms with Crippen molar-refractivity contribution in [3.63, 3.8) is 0 Å². The fourth-order valence-electron chi connectivity index (χ4n) is 4.03. The molecule has 0 saturated carbocycles. The number of ether oxygens (including phenoxy) is 2. The Morgan fingerprint density at radius 1 is 0.581 bits per heavy atom. The Bertz CT molecular complexity index is 1140. The molecule has 0 aromatic heterocycles. The normalized spacial score (nSPS) is 11.0. The van der Waals surface area contributed by atoms with E-state index in [0.29, 0.717) is 0 Å². The first-order chi connectivity index (χ1) is 15.3. The van der Waals surface area contributed by atoms with E-state index >= 15 is 0 Å². The first-order valence-electron chi connectivity index (χ1n) is 10.4. The number of rotatable bonds is 7. The lowest BCUT2D eigenvalue weighted by Crippen LogP contribution is -2.20. The second kappa shape index (κ2) is 9.73. The second-order valence-corrected chi connectivity index (χ2v) is 10.7. The van der Waals surface area contributed by atoms with Crippen molar-refractivity contribution in [1.29, 1.82) is 0 Å². The molecule has 31 heavy (non-hydrogen) atoms. The summed E-state index contributed by atoms with van der Waals surface area (Å²) >= 11 is 0. The van der Waals surface area contributed by atoms with Crippen LogP contribution in [0.25, 0.3) is 0 Å². The third-order valence-corrected chi connectivity index (χ3v) is 9.54. The summed E-state index contributed by atoms with van der Waals surface area (Å²) in [4.78, 5) is 0. The molecule has 2 nitrogen and oxygen atoms in total. The minimum Gasteiger partial charge on any atom is -0.496 e. The molecule has 3 heteroatoms. The lowest BCUT2D eigenvalue weighted by atomic mass is 10.2. The summed E-state index contributed by atoms with van der Waals surface area (Å²) < 4.78 is 11.5. The minimum absolute atomic E-state index is 0.864. The highest BCUT2D eigenvalue weighted by atomic mass is 31.2. The van der Waals surface area contributed by atoms with E-state index in [2.05, 4.69) is 90.7 Å². The minimum atomic E-state index is -2.01. The molecule has 0 radical (unpaired) electrons. The van der Waals surface area contributed by atoms with Gasteiger partial charge in [-0.05, 0) is 41.0 Å². The Kier molecular flexibility index (Phi) is 6.60. The molecule has 0 fully saturated rings. The molecular formula is C28H27O2P. The maximum Gasteiger partial charge on any atom is 0.126 e. The molecule has 0 spiro atoms. The van der Waals surface area contributed by atoms with Crippen molar-refractivity contribution in [3.05, 3.63) is 120 Å². The van der Waals surface area contributed by atoms with Crippen molar-refractivity contribution in [1.82, 2.24) is 0 Å². The van der Waals surface area contributed by atoms with Crippen LogP contribution in [0.2, 0.25) is 0 Å². The summed E-state index contributed by atoms with van der Waals surface area (Å²) in [5.74, 6) is 4.26. The fraction of sp³-hybridized carbons (Fsp3) is 0.107. The topological polar surface area (TPSA) is 18.5 Å². The molecule has 0 saturated heterocycles. The zero-order chi connectivity index (χ0) is 21.5. The lowest BCUT2D eigenvalue weighted by molar-refractivity contribution is 0.411. The van der Waals surface area contributed by atoms with E-state index in [-0.39, 0.29) is 0 Å². The van der Waals surface area contributed by atoms with Gasteiger partial charge in [0.1, 0.15) is 11.5 Å². The van der Waals surface area contributed by atoms with Crippen LogP contribution in [0.5, 0.6) is 11.5 Å². The first-order valence-corrected chi connectivity index (χ1v) is 12.4. The van der Waals surface area contributed by atoms with Crippen LogP contribution in [-0.4, -0.2) is 20.0 Å². The summed E-state index contributed by atoms with van der Waals surface area (Å²) in [7, 11) is 3.48. The van der Waals surface area contributed by atoms with Crippen LogP contribution in [0.3, 0.4) is 0 Å². The van der Waals surface area contributed by atoms with Crippen LogP contribution in [0, 0.1) is 0 Å². The standard InChI is InChI=1S/C28H27O2P/c1-29-27-19-11-9-13-23(27)21-31(25-15-5-3-6-16-25,26-17-7-4-8-18-26)22-24-14-10-12-20-28(24)30-2/h3-21H,22H2,1-2H3. The lowest BCUT2D eigenvalue weighted by Gasteiger charge is -2.29. The van der Waals surface area contributed by atoms with Crippen molar-refractivity contribution in [2.75, 3.05) is 14.2 Å². The van der Waals surface area contributed by atoms with Crippen molar-refractivity contribution < 1.29 is 9.47 Å². The third-order valence-electron chi connectivity index (χ3n) is 5.54. The second-order valence-electron chi connectivity index (χ2n) is 7.38. The van der Waals surface area contributed by atoms with Gasteiger partial charge in [-0.25, -0.2) is 0 Å². The van der Waals surface area contributed by atoms with Crippen LogP contribution in [0.1, 0.15) is 11.1 Å². The van der Waals surface area contributed by atoms with Gasteiger partial charge < -0.3 is 9.47 Å². The molecule has 0 heterocycles. The summed E-state index contributed by atoms with van der Waals surface area (Å²) in [5.41, 5.74) is 2.32. The molecule has 4 aromatic carbocycles. The maximum absolute atomic E-state index is 5.74. The Hall–Kier alpha value is -3.22. The van der Waals surface area contributed by atoms with Gasteiger partial charge in [0.25, 0.3) is 0 Å². The number of hydrogen-bond donors (Lipinski definition) is 0. The SMILES string of the molecule is COc1ccccc1C=P(Cc1ccccc1OC)(c1ccccc1)c1ccccc1. The quantitative estimate of drug-likeness (QED) is 0.352. The average Bonchev–Trinajstić information content (AvgIpc) is 2.85. The molecule has 0 atom stereocenters. The maximum atomic E-state index is 5.74. The van der Waals surface area contributed by atoms with Gasteiger partial charge >= 0.3 is 0 Å². The van der Waals surface area contributed by atoms with Gasteiger partial charge in [0, 0.05) is 11.7 Å². The summed E-state index contributed by atoms with van der Waals surface area (Å²) in [6.07, 6.45) is 0.864. The third kappa shape index (κ3) is 4.45. The van der Waals surface area contributed by atoms with Gasteiger partial charge in [0.05, 0.1) is 14.2 Å². The van der Waals surface area contributed by atoms with Crippen molar-refractivity contribution in [3.8, 4) is 11.5 Å². The zero-order valence-electron chi connectivity index (χ0n) is 17.9. The van der Waals surface area contributed by atoms with Gasteiger partial charge in [-0.3, -0.25) is 0 Å². The predicted molar refractivity (Wildman–Crippen MR) is 134 cm³/mol. The van der Waals surface area contributed by atoms with Gasteiger partial charge in [-0.2, -0.15) is 0 Å². The number of benzene rings is 4. The van der Waals surface area contributed by atoms with Crippen LogP contribution in [0.15, 0.2) is 109 Å². The molecule has 0 N–H and O–H groups in total. The van der Waals surface area contributed by atoms with E-state index in [9.17, 15) is 0 Å². The summed E-state index contributed by atoms with van der Waals surface area (Å²) in [5, 5.41) is 2.66. The Balaban J connectivity index is 2.06. The molecule has 156 valence electrons. The van der Waals surface area contributed by atoms with E-state index in [1.807, 2.05) is 24.3 Å². The molecule has 4 aromatic rings. The first kappa shape index (κ1) is 21.0. The Labute approximate surface area is 185 Å². The van der Waals surface area contributed by atoms with Crippen LogP contribution in [0.4, 0.5) is 0 Å². The predicted octanol–water partition coefficient (Wildman–Crippen LogP) is 5.72. The molecule has 0 bridgehead atoms. The van der Waals surface area contributed by atoms with Gasteiger partial charge in [0.15, 0.2) is 0 Å². The largest absolute Gasteiger partial charge is 0.496 e. The molecule has 0 aliphatic carbocycles. The van der Waals surface area contributed by atoms with E-state index in [0.717, 1.165) is 23.2 Å². The van der Waals surface area contributed by atoms with E-state index in [4.69, 9.17) is 9.47 Å². The van der Waals surface area contributed by atoms with E-state index in [1.165, 1.54) is 16.2 Å². The molecule has 0 aliphatic rings. The highest BCUT2D eigenvalue weighted by Crippen LogP contribution is 2.50. The van der Waals surface area contributed by atoms with Crippen molar-refractivity contribution in [2.45, 2.75) is 6.16 Å². The molecule has 0 aliphatic heterocycles. The van der Waals surface area contributed by atoms with Crippen LogP contribution < -0.4 is 20.1 Å². The zero-order valence-corrected chi connectivity index (χ0v) is 18.8. The average molecular weight is 426 g/mol. The summed E-state index contributed by atoms with van der Waals surface area (Å²) in [6.45, 7) is -2.01. The van der Waals surface area contributed by atoms with Gasteiger partial charge in [0.2, 0.25) is 0 Å².